The van der Waals surface area contributed by atoms with Crippen LogP contribution in [0.1, 0.15) is 27.7 Å². The molecule has 0 radical (unpaired) electrons. The van der Waals surface area contributed by atoms with Crippen molar-refractivity contribution >= 4 is 12.1 Å². The zero-order valence-corrected chi connectivity index (χ0v) is 9.46. The Morgan fingerprint density at radius 3 is 2.13 bits per heavy atom. The third-order valence-corrected chi connectivity index (χ3v) is 1.40. The van der Waals surface area contributed by atoms with Crippen LogP contribution in [-0.2, 0) is 9.53 Å². The highest BCUT2D eigenvalue weighted by Gasteiger charge is 2.24. The number of carboxylic acid groups (broad SMARTS) is 1. The molecule has 0 aromatic rings. The number of alkyl carbamates (subject to hydrolysis) is 1. The molecule has 1 atom stereocenters. The van der Waals surface area contributed by atoms with E-state index in [1.807, 2.05) is 0 Å². The summed E-state index contributed by atoms with van der Waals surface area (Å²) in [6.07, 6.45) is -0.766. The van der Waals surface area contributed by atoms with Gasteiger partial charge in [-0.2, -0.15) is 0 Å². The van der Waals surface area contributed by atoms with E-state index >= 15 is 0 Å². The van der Waals surface area contributed by atoms with Crippen LogP contribution >= 0.6 is 0 Å². The van der Waals surface area contributed by atoms with Crippen molar-refractivity contribution in [2.45, 2.75) is 39.3 Å². The van der Waals surface area contributed by atoms with Gasteiger partial charge >= 0.3 is 12.1 Å². The number of nitrogens with one attached hydrogen (secondary N) is 1. The van der Waals surface area contributed by atoms with Gasteiger partial charge in [0.1, 0.15) is 5.60 Å². The molecule has 0 heterocycles. The Hall–Kier alpha value is -1.52. The van der Waals surface area contributed by atoms with Crippen LogP contribution in [0.3, 0.4) is 0 Å². The normalized spacial score (nSPS) is 12.8. The molecular weight excluding hydrogens is 198 g/mol. The van der Waals surface area contributed by atoms with Crippen molar-refractivity contribution in [3.05, 3.63) is 12.2 Å². The second-order valence-corrected chi connectivity index (χ2v) is 4.26. The fourth-order valence-corrected chi connectivity index (χ4v) is 0.821. The van der Waals surface area contributed by atoms with E-state index in [2.05, 4.69) is 11.9 Å². The van der Waals surface area contributed by atoms with Gasteiger partial charge in [-0.25, -0.2) is 9.59 Å². The number of amides is 1. The van der Waals surface area contributed by atoms with Crippen LogP contribution in [0.2, 0.25) is 0 Å². The molecule has 5 nitrogen and oxygen atoms in total. The molecule has 2 N–H and O–H groups in total. The van der Waals surface area contributed by atoms with E-state index < -0.39 is 23.7 Å². The molecule has 0 saturated carbocycles. The van der Waals surface area contributed by atoms with Crippen LogP contribution in [0.25, 0.3) is 0 Å². The highest BCUT2D eigenvalue weighted by atomic mass is 16.6. The maximum Gasteiger partial charge on any atom is 0.408 e. The first kappa shape index (κ1) is 13.5. The number of carbonyl (C=O) groups is 2. The van der Waals surface area contributed by atoms with Crippen molar-refractivity contribution < 1.29 is 19.4 Å². The second kappa shape index (κ2) is 4.82. The molecule has 5 heteroatoms. The SMILES string of the molecule is C=C(C)[C@H](NC(=O)OC(C)(C)C)C(=O)O. The van der Waals surface area contributed by atoms with E-state index in [-0.39, 0.29) is 0 Å². The Labute approximate surface area is 89.1 Å². The van der Waals surface area contributed by atoms with Gasteiger partial charge in [0.25, 0.3) is 0 Å². The lowest BCUT2D eigenvalue weighted by molar-refractivity contribution is -0.138. The average molecular weight is 215 g/mol. The molecule has 0 unspecified atom stereocenters. The van der Waals surface area contributed by atoms with Crippen LogP contribution in [0.15, 0.2) is 12.2 Å². The van der Waals surface area contributed by atoms with E-state index in [1.165, 1.54) is 6.92 Å². The number of carboxylic acids is 1. The summed E-state index contributed by atoms with van der Waals surface area (Å²) in [6, 6.07) is -1.11. The first-order valence-corrected chi connectivity index (χ1v) is 4.51. The summed E-state index contributed by atoms with van der Waals surface area (Å²) in [6.45, 7) is 10.1. The zero-order chi connectivity index (χ0) is 12.2. The van der Waals surface area contributed by atoms with Crippen molar-refractivity contribution in [3.63, 3.8) is 0 Å². The summed E-state index contributed by atoms with van der Waals surface area (Å²) < 4.78 is 4.91. The molecule has 0 aromatic carbocycles. The molecule has 0 aliphatic rings. The Kier molecular flexibility index (Phi) is 4.33. The topological polar surface area (TPSA) is 75.6 Å². The standard InChI is InChI=1S/C10H17NO4/c1-6(2)7(8(12)13)11-9(14)15-10(3,4)5/h7H,1H2,2-5H3,(H,11,14)(H,12,13)/t7-/m0/s1. The molecule has 15 heavy (non-hydrogen) atoms. The van der Waals surface area contributed by atoms with Crippen LogP contribution in [-0.4, -0.2) is 28.8 Å². The van der Waals surface area contributed by atoms with Crippen molar-refractivity contribution in [1.29, 1.82) is 0 Å². The summed E-state index contributed by atoms with van der Waals surface area (Å²) in [5, 5.41) is 11.0. The summed E-state index contributed by atoms with van der Waals surface area (Å²) in [5.74, 6) is -1.16. The summed E-state index contributed by atoms with van der Waals surface area (Å²) >= 11 is 0. The molecule has 0 aliphatic carbocycles. The Bertz CT molecular complexity index is 264. The molecule has 0 spiro atoms. The lowest BCUT2D eigenvalue weighted by atomic mass is 10.1. The number of hydrogen-bond acceptors (Lipinski definition) is 3. The van der Waals surface area contributed by atoms with Gasteiger partial charge in [0, 0.05) is 0 Å². The molecule has 0 rings (SSSR count). The maximum absolute atomic E-state index is 11.2. The third-order valence-electron chi connectivity index (χ3n) is 1.40. The maximum atomic E-state index is 11.2. The fourth-order valence-electron chi connectivity index (χ4n) is 0.821. The minimum absolute atomic E-state index is 0.341. The number of aliphatic carboxylic acids is 1. The molecule has 0 aromatic heterocycles. The lowest BCUT2D eigenvalue weighted by Crippen LogP contribution is -2.43. The monoisotopic (exact) mass is 215 g/mol. The fraction of sp³-hybridized carbons (Fsp3) is 0.600. The summed E-state index contributed by atoms with van der Waals surface area (Å²) in [7, 11) is 0. The number of ether oxygens (including phenoxy) is 1. The van der Waals surface area contributed by atoms with Gasteiger partial charge in [-0.15, -0.1) is 0 Å². The highest BCUT2D eigenvalue weighted by Crippen LogP contribution is 2.07. The smallest absolute Gasteiger partial charge is 0.408 e. The third kappa shape index (κ3) is 5.72. The average Bonchev–Trinajstić information content (AvgIpc) is 1.95. The van der Waals surface area contributed by atoms with E-state index in [0.29, 0.717) is 5.57 Å². The largest absolute Gasteiger partial charge is 0.479 e. The molecule has 86 valence electrons. The first-order valence-electron chi connectivity index (χ1n) is 4.51. The van der Waals surface area contributed by atoms with E-state index in [9.17, 15) is 9.59 Å². The first-order chi connectivity index (χ1) is 6.63. The molecule has 0 saturated heterocycles. The lowest BCUT2D eigenvalue weighted by Gasteiger charge is -2.22. The number of hydrogen-bond donors (Lipinski definition) is 2. The quantitative estimate of drug-likeness (QED) is 0.700. The summed E-state index contributed by atoms with van der Waals surface area (Å²) in [5.41, 5.74) is -0.310. The van der Waals surface area contributed by atoms with Crippen molar-refractivity contribution in [2.75, 3.05) is 0 Å². The Balaban J connectivity index is 4.38. The molecule has 0 fully saturated rings. The van der Waals surface area contributed by atoms with Crippen LogP contribution in [0, 0.1) is 0 Å². The van der Waals surface area contributed by atoms with Gasteiger partial charge < -0.3 is 15.2 Å². The Morgan fingerprint density at radius 2 is 1.87 bits per heavy atom. The van der Waals surface area contributed by atoms with E-state index in [4.69, 9.17) is 9.84 Å². The molecule has 1 amide bonds. The summed E-state index contributed by atoms with van der Waals surface area (Å²) in [4.78, 5) is 22.0. The molecule has 0 aliphatic heterocycles. The van der Waals surface area contributed by atoms with Gasteiger partial charge in [-0.05, 0) is 33.3 Å². The minimum atomic E-state index is -1.16. The van der Waals surface area contributed by atoms with E-state index in [0.717, 1.165) is 0 Å². The van der Waals surface area contributed by atoms with Crippen molar-refractivity contribution in [3.8, 4) is 0 Å². The molecular formula is C10H17NO4. The van der Waals surface area contributed by atoms with Crippen LogP contribution in [0.4, 0.5) is 4.79 Å². The highest BCUT2D eigenvalue weighted by molar-refractivity contribution is 5.82. The minimum Gasteiger partial charge on any atom is -0.479 e. The van der Waals surface area contributed by atoms with Crippen molar-refractivity contribution in [2.24, 2.45) is 0 Å². The van der Waals surface area contributed by atoms with E-state index in [1.54, 1.807) is 20.8 Å². The second-order valence-electron chi connectivity index (χ2n) is 4.26. The Morgan fingerprint density at radius 1 is 1.40 bits per heavy atom. The van der Waals surface area contributed by atoms with Crippen molar-refractivity contribution in [1.82, 2.24) is 5.32 Å². The number of carbonyl (C=O) groups excluding carboxylic acids is 1. The molecule has 0 bridgehead atoms. The van der Waals surface area contributed by atoms with Gasteiger partial charge in [-0.3, -0.25) is 0 Å². The van der Waals surface area contributed by atoms with Gasteiger partial charge in [-0.1, -0.05) is 6.58 Å². The predicted octanol–water partition coefficient (Wildman–Crippen LogP) is 1.54. The van der Waals surface area contributed by atoms with Gasteiger partial charge in [0.05, 0.1) is 0 Å². The van der Waals surface area contributed by atoms with Gasteiger partial charge in [0.15, 0.2) is 6.04 Å². The zero-order valence-electron chi connectivity index (χ0n) is 9.46. The number of rotatable bonds is 3. The van der Waals surface area contributed by atoms with Crippen LogP contribution < -0.4 is 5.32 Å². The predicted molar refractivity (Wildman–Crippen MR) is 55.6 cm³/mol. The van der Waals surface area contributed by atoms with Gasteiger partial charge in [0.2, 0.25) is 0 Å². The van der Waals surface area contributed by atoms with Crippen LogP contribution in [0.5, 0.6) is 0 Å².